The number of thiol groups is 1. The number of nitrogens with one attached hydrogen (secondary N) is 1. The average molecular weight is 130 g/mol. The molecule has 0 fully saturated rings. The fourth-order valence-electron chi connectivity index (χ4n) is 0.269. The third kappa shape index (κ3) is 3.61. The molecule has 8 heavy (non-hydrogen) atoms. The zero-order chi connectivity index (χ0) is 6.57. The number of hydrogen-bond acceptors (Lipinski definition) is 3. The van der Waals surface area contributed by atoms with E-state index < -0.39 is 0 Å². The molecular weight excluding hydrogens is 120 g/mol. The van der Waals surface area contributed by atoms with Crippen molar-refractivity contribution < 1.29 is 0 Å². The first-order chi connectivity index (χ1) is 3.66. The van der Waals surface area contributed by atoms with Gasteiger partial charge in [-0.05, 0) is 6.92 Å². The van der Waals surface area contributed by atoms with Crippen LogP contribution in [0, 0.1) is 0 Å². The zero-order valence-corrected chi connectivity index (χ0v) is 5.70. The van der Waals surface area contributed by atoms with Gasteiger partial charge in [-0.2, -0.15) is 0 Å². The summed E-state index contributed by atoms with van der Waals surface area (Å²) in [5.41, 5.74) is 5.97. The molecule has 0 aromatic rings. The molecule has 46 valence electrons. The van der Waals surface area contributed by atoms with Crippen molar-refractivity contribution in [3.8, 4) is 0 Å². The van der Waals surface area contributed by atoms with Crippen molar-refractivity contribution in [2.45, 2.75) is 6.92 Å². The molecule has 0 aromatic heterocycles. The maximum absolute atomic E-state index is 5.12. The molecule has 0 radical (unpaired) electrons. The van der Waals surface area contributed by atoms with Crippen molar-refractivity contribution in [2.24, 2.45) is 5.73 Å². The minimum Gasteiger partial charge on any atom is -0.403 e. The van der Waals surface area contributed by atoms with Crippen LogP contribution in [0.3, 0.4) is 0 Å². The first kappa shape index (κ1) is 7.43. The lowest BCUT2D eigenvalue weighted by atomic mass is 10.5. The SMILES string of the molecule is C=C(S)N/C(C)=C\N. The lowest BCUT2D eigenvalue weighted by molar-refractivity contribution is 1.04. The Morgan fingerprint density at radius 2 is 2.38 bits per heavy atom. The largest absolute Gasteiger partial charge is 0.403 e. The molecule has 0 bridgehead atoms. The van der Waals surface area contributed by atoms with Gasteiger partial charge in [0.15, 0.2) is 0 Å². The Bertz CT molecular complexity index is 118. The van der Waals surface area contributed by atoms with E-state index in [2.05, 4.69) is 24.5 Å². The number of hydrogen-bond donors (Lipinski definition) is 3. The molecule has 2 nitrogen and oxygen atoms in total. The van der Waals surface area contributed by atoms with E-state index in [9.17, 15) is 0 Å². The number of rotatable bonds is 2. The molecule has 0 saturated heterocycles. The van der Waals surface area contributed by atoms with Gasteiger partial charge in [0, 0.05) is 11.9 Å². The molecule has 0 rings (SSSR count). The fraction of sp³-hybridized carbons (Fsp3) is 0.200. The van der Waals surface area contributed by atoms with E-state index in [1.54, 1.807) is 0 Å². The minimum absolute atomic E-state index is 0.601. The van der Waals surface area contributed by atoms with Crippen LogP contribution in [0.5, 0.6) is 0 Å². The van der Waals surface area contributed by atoms with E-state index in [0.29, 0.717) is 5.03 Å². The molecule has 3 N–H and O–H groups in total. The van der Waals surface area contributed by atoms with Crippen molar-refractivity contribution in [2.75, 3.05) is 0 Å². The molecule has 0 amide bonds. The predicted octanol–water partition coefficient (Wildman–Crippen LogP) is 0.797. The Morgan fingerprint density at radius 3 is 2.50 bits per heavy atom. The molecule has 0 aliphatic heterocycles. The van der Waals surface area contributed by atoms with Crippen LogP contribution in [0.2, 0.25) is 0 Å². The highest BCUT2D eigenvalue weighted by molar-refractivity contribution is 7.84. The smallest absolute Gasteiger partial charge is 0.0619 e. The van der Waals surface area contributed by atoms with Gasteiger partial charge < -0.3 is 11.1 Å². The van der Waals surface area contributed by atoms with Gasteiger partial charge in [-0.15, -0.1) is 12.6 Å². The van der Waals surface area contributed by atoms with E-state index in [-0.39, 0.29) is 0 Å². The highest BCUT2D eigenvalue weighted by atomic mass is 32.1. The molecule has 0 saturated carbocycles. The number of nitrogens with two attached hydrogens (primary N) is 1. The summed E-state index contributed by atoms with van der Waals surface area (Å²) in [7, 11) is 0. The quantitative estimate of drug-likeness (QED) is 0.484. The average Bonchev–Trinajstić information content (AvgIpc) is 1.65. The molecule has 0 heterocycles. The van der Waals surface area contributed by atoms with Gasteiger partial charge in [0.1, 0.15) is 0 Å². The molecule has 0 aliphatic rings. The van der Waals surface area contributed by atoms with Gasteiger partial charge in [-0.3, -0.25) is 0 Å². The first-order valence-electron chi connectivity index (χ1n) is 2.20. The van der Waals surface area contributed by atoms with Gasteiger partial charge in [0.05, 0.1) is 5.03 Å². The Hall–Kier alpha value is -0.570. The summed E-state index contributed by atoms with van der Waals surface area (Å²) >= 11 is 3.89. The summed E-state index contributed by atoms with van der Waals surface area (Å²) in [6, 6.07) is 0. The lowest BCUT2D eigenvalue weighted by Crippen LogP contribution is -2.06. The van der Waals surface area contributed by atoms with Gasteiger partial charge >= 0.3 is 0 Å². The second-order valence-electron chi connectivity index (χ2n) is 1.42. The zero-order valence-electron chi connectivity index (χ0n) is 4.81. The normalized spacial score (nSPS) is 11.0. The third-order valence-electron chi connectivity index (χ3n) is 0.591. The van der Waals surface area contributed by atoms with Gasteiger partial charge in [-0.25, -0.2) is 0 Å². The topological polar surface area (TPSA) is 38.0 Å². The predicted molar refractivity (Wildman–Crippen MR) is 39.2 cm³/mol. The van der Waals surface area contributed by atoms with Crippen LogP contribution in [0.4, 0.5) is 0 Å². The van der Waals surface area contributed by atoms with Crippen molar-refractivity contribution in [1.82, 2.24) is 5.32 Å². The van der Waals surface area contributed by atoms with E-state index >= 15 is 0 Å². The van der Waals surface area contributed by atoms with E-state index in [1.165, 1.54) is 6.20 Å². The van der Waals surface area contributed by atoms with E-state index in [0.717, 1.165) is 5.70 Å². The van der Waals surface area contributed by atoms with Crippen molar-refractivity contribution >= 4 is 12.6 Å². The van der Waals surface area contributed by atoms with Crippen LogP contribution >= 0.6 is 12.6 Å². The van der Waals surface area contributed by atoms with Crippen molar-refractivity contribution in [3.05, 3.63) is 23.5 Å². The van der Waals surface area contributed by atoms with Crippen LogP contribution in [-0.4, -0.2) is 0 Å². The molecule has 0 aliphatic carbocycles. The maximum atomic E-state index is 5.12. The van der Waals surface area contributed by atoms with Crippen molar-refractivity contribution in [1.29, 1.82) is 0 Å². The number of allylic oxidation sites excluding steroid dienone is 1. The second kappa shape index (κ2) is 3.43. The Labute approximate surface area is 54.9 Å². The van der Waals surface area contributed by atoms with Crippen LogP contribution in [-0.2, 0) is 0 Å². The van der Waals surface area contributed by atoms with Crippen LogP contribution in [0.15, 0.2) is 23.5 Å². The monoisotopic (exact) mass is 130 g/mol. The van der Waals surface area contributed by atoms with Gasteiger partial charge in [0.25, 0.3) is 0 Å². The van der Waals surface area contributed by atoms with Crippen LogP contribution in [0.1, 0.15) is 6.92 Å². The molecule has 0 unspecified atom stereocenters. The summed E-state index contributed by atoms with van der Waals surface area (Å²) in [5, 5.41) is 3.40. The Kier molecular flexibility index (Phi) is 3.19. The maximum Gasteiger partial charge on any atom is 0.0619 e. The van der Waals surface area contributed by atoms with Crippen molar-refractivity contribution in [3.63, 3.8) is 0 Å². The molecule has 0 spiro atoms. The highest BCUT2D eigenvalue weighted by Crippen LogP contribution is 1.92. The fourth-order valence-corrected chi connectivity index (χ4v) is 0.446. The molecule has 0 atom stereocenters. The van der Waals surface area contributed by atoms with E-state index in [1.807, 2.05) is 6.92 Å². The molecule has 0 aromatic carbocycles. The summed E-state index contributed by atoms with van der Waals surface area (Å²) < 4.78 is 0. The standard InChI is InChI=1S/C5H10N2S/c1-4(3-6)7-5(2)8/h3,7-8H,2,6H2,1H3/b4-3-. The van der Waals surface area contributed by atoms with E-state index in [4.69, 9.17) is 5.73 Å². The Balaban J connectivity index is 3.56. The first-order valence-corrected chi connectivity index (χ1v) is 2.65. The molecular formula is C5H10N2S. The van der Waals surface area contributed by atoms with Gasteiger partial charge in [0.2, 0.25) is 0 Å². The Morgan fingerprint density at radius 1 is 1.88 bits per heavy atom. The summed E-state index contributed by atoms with van der Waals surface area (Å²) in [6.45, 7) is 5.33. The summed E-state index contributed by atoms with van der Waals surface area (Å²) in [4.78, 5) is 0. The molecule has 3 heteroatoms. The summed E-state index contributed by atoms with van der Waals surface area (Å²) in [6.07, 6.45) is 1.46. The summed E-state index contributed by atoms with van der Waals surface area (Å²) in [5.74, 6) is 0. The highest BCUT2D eigenvalue weighted by Gasteiger charge is 1.82. The van der Waals surface area contributed by atoms with Crippen LogP contribution in [0.25, 0.3) is 0 Å². The van der Waals surface area contributed by atoms with Crippen LogP contribution < -0.4 is 11.1 Å². The lowest BCUT2D eigenvalue weighted by Gasteiger charge is -2.00. The minimum atomic E-state index is 0.601. The van der Waals surface area contributed by atoms with Gasteiger partial charge in [-0.1, -0.05) is 6.58 Å². The third-order valence-corrected chi connectivity index (χ3v) is 0.703. The second-order valence-corrected chi connectivity index (χ2v) is 1.96.